The normalized spacial score (nSPS) is 17.1. The Labute approximate surface area is 150 Å². The lowest BCUT2D eigenvalue weighted by atomic mass is 10.1. The summed E-state index contributed by atoms with van der Waals surface area (Å²) >= 11 is 0. The van der Waals surface area contributed by atoms with Crippen molar-refractivity contribution in [2.24, 2.45) is 0 Å². The zero-order valence-electron chi connectivity index (χ0n) is 14.4. The van der Waals surface area contributed by atoms with Crippen molar-refractivity contribution >= 4 is 5.91 Å². The van der Waals surface area contributed by atoms with Gasteiger partial charge in [-0.2, -0.15) is 4.98 Å². The maximum atomic E-state index is 13.8. The lowest BCUT2D eigenvalue weighted by molar-refractivity contribution is -0.128. The maximum absolute atomic E-state index is 13.8. The van der Waals surface area contributed by atoms with E-state index in [1.807, 2.05) is 31.2 Å². The van der Waals surface area contributed by atoms with Gasteiger partial charge in [0, 0.05) is 30.6 Å². The molecule has 1 saturated heterocycles. The van der Waals surface area contributed by atoms with Crippen molar-refractivity contribution in [1.82, 2.24) is 15.0 Å². The number of amides is 1. The van der Waals surface area contributed by atoms with Gasteiger partial charge in [-0.1, -0.05) is 53.2 Å². The molecule has 1 fully saturated rings. The minimum absolute atomic E-state index is 0.0339. The molecule has 5 nitrogen and oxygen atoms in total. The number of benzene rings is 2. The number of hydrogen-bond acceptors (Lipinski definition) is 4. The number of rotatable bonds is 4. The molecule has 0 aliphatic carbocycles. The van der Waals surface area contributed by atoms with Crippen LogP contribution in [-0.2, 0) is 11.3 Å². The molecule has 6 heteroatoms. The van der Waals surface area contributed by atoms with E-state index in [0.29, 0.717) is 30.2 Å². The van der Waals surface area contributed by atoms with Crippen LogP contribution in [0.25, 0.3) is 11.4 Å². The van der Waals surface area contributed by atoms with Crippen molar-refractivity contribution in [3.8, 4) is 11.4 Å². The van der Waals surface area contributed by atoms with E-state index in [0.717, 1.165) is 11.1 Å². The van der Waals surface area contributed by atoms with Crippen LogP contribution in [0, 0.1) is 12.7 Å². The summed E-state index contributed by atoms with van der Waals surface area (Å²) in [7, 11) is 0. The van der Waals surface area contributed by atoms with E-state index in [9.17, 15) is 9.18 Å². The first-order valence-corrected chi connectivity index (χ1v) is 8.52. The Morgan fingerprint density at radius 1 is 1.19 bits per heavy atom. The zero-order valence-corrected chi connectivity index (χ0v) is 14.4. The van der Waals surface area contributed by atoms with Gasteiger partial charge in [0.15, 0.2) is 0 Å². The second-order valence-electron chi connectivity index (χ2n) is 6.59. The van der Waals surface area contributed by atoms with E-state index in [2.05, 4.69) is 10.1 Å². The smallest absolute Gasteiger partial charge is 0.232 e. The second kappa shape index (κ2) is 6.71. The van der Waals surface area contributed by atoms with Crippen LogP contribution in [0.1, 0.15) is 29.4 Å². The summed E-state index contributed by atoms with van der Waals surface area (Å²) in [6, 6.07) is 14.3. The summed E-state index contributed by atoms with van der Waals surface area (Å²) in [5, 5.41) is 4.03. The Bertz CT molecular complexity index is 936. The van der Waals surface area contributed by atoms with Gasteiger partial charge in [-0.15, -0.1) is 0 Å². The number of halogens is 1. The lowest BCUT2D eigenvalue weighted by Gasteiger charge is -2.16. The fraction of sp³-hybridized carbons (Fsp3) is 0.250. The van der Waals surface area contributed by atoms with E-state index in [1.165, 1.54) is 6.07 Å². The Kier molecular flexibility index (Phi) is 4.24. The molecule has 1 aromatic heterocycles. The summed E-state index contributed by atoms with van der Waals surface area (Å²) < 4.78 is 19.2. The molecule has 0 spiro atoms. The molecule has 1 unspecified atom stereocenters. The second-order valence-corrected chi connectivity index (χ2v) is 6.59. The molecule has 3 aromatic rings. The molecule has 0 saturated carbocycles. The molecule has 26 heavy (non-hydrogen) atoms. The number of aromatic nitrogens is 2. The van der Waals surface area contributed by atoms with Gasteiger partial charge in [-0.25, -0.2) is 4.39 Å². The van der Waals surface area contributed by atoms with Gasteiger partial charge in [-0.3, -0.25) is 4.79 Å². The number of aryl methyl sites for hydroxylation is 1. The molecule has 132 valence electrons. The third-order valence-corrected chi connectivity index (χ3v) is 4.63. The van der Waals surface area contributed by atoms with Crippen molar-refractivity contribution in [2.75, 3.05) is 6.54 Å². The number of nitrogens with zero attached hydrogens (tertiary/aromatic N) is 3. The maximum Gasteiger partial charge on any atom is 0.232 e. The molecule has 1 aliphatic heterocycles. The molecule has 2 aromatic carbocycles. The largest absolute Gasteiger partial charge is 0.339 e. The average molecular weight is 351 g/mol. The Morgan fingerprint density at radius 2 is 1.96 bits per heavy atom. The molecule has 2 heterocycles. The van der Waals surface area contributed by atoms with E-state index >= 15 is 0 Å². The van der Waals surface area contributed by atoms with Gasteiger partial charge in [0.1, 0.15) is 5.82 Å². The number of likely N-dealkylation sites (tertiary alicyclic amines) is 1. The van der Waals surface area contributed by atoms with Gasteiger partial charge < -0.3 is 9.42 Å². The number of hydrogen-bond donors (Lipinski definition) is 0. The highest BCUT2D eigenvalue weighted by Gasteiger charge is 2.34. The van der Waals surface area contributed by atoms with E-state index < -0.39 is 0 Å². The molecule has 4 rings (SSSR count). The van der Waals surface area contributed by atoms with Gasteiger partial charge in [0.25, 0.3) is 0 Å². The molecule has 1 aliphatic rings. The van der Waals surface area contributed by atoms with Gasteiger partial charge in [-0.05, 0) is 13.0 Å². The van der Waals surface area contributed by atoms with Gasteiger partial charge in [0.2, 0.25) is 17.6 Å². The van der Waals surface area contributed by atoms with Crippen LogP contribution < -0.4 is 0 Å². The summed E-state index contributed by atoms with van der Waals surface area (Å²) in [5.41, 5.74) is 2.54. The summed E-state index contributed by atoms with van der Waals surface area (Å²) in [5.74, 6) is 0.461. The molecular weight excluding hydrogens is 333 g/mol. The molecule has 1 amide bonds. The summed E-state index contributed by atoms with van der Waals surface area (Å²) in [4.78, 5) is 18.4. The predicted octanol–water partition coefficient (Wildman–Crippen LogP) is 3.70. The summed E-state index contributed by atoms with van der Waals surface area (Å²) in [6.45, 7) is 2.71. The topological polar surface area (TPSA) is 59.2 Å². The Morgan fingerprint density at radius 3 is 2.73 bits per heavy atom. The molecule has 0 N–H and O–H groups in total. The van der Waals surface area contributed by atoms with E-state index in [1.54, 1.807) is 23.1 Å². The molecular formula is C20H18FN3O2. The Hall–Kier alpha value is -3.02. The van der Waals surface area contributed by atoms with Crippen molar-refractivity contribution in [2.45, 2.75) is 25.8 Å². The standard InChI is InChI=1S/C20H18FN3O2/c1-13-6-8-14(9-7-13)19-22-20(26-23-19)16-10-18(25)24(12-16)11-15-4-2-3-5-17(15)21/h2-9,16H,10-12H2,1H3. The highest BCUT2D eigenvalue weighted by atomic mass is 19.1. The van der Waals surface area contributed by atoms with Crippen LogP contribution in [0.5, 0.6) is 0 Å². The van der Waals surface area contributed by atoms with Gasteiger partial charge in [0.05, 0.1) is 5.92 Å². The monoisotopic (exact) mass is 351 g/mol. The number of carbonyl (C=O) groups is 1. The third-order valence-electron chi connectivity index (χ3n) is 4.63. The minimum Gasteiger partial charge on any atom is -0.339 e. The SMILES string of the molecule is Cc1ccc(-c2noc(C3CC(=O)N(Cc4ccccc4F)C3)n2)cc1. The third kappa shape index (κ3) is 3.22. The Balaban J connectivity index is 1.49. The van der Waals surface area contributed by atoms with Crippen LogP contribution in [0.2, 0.25) is 0 Å². The zero-order chi connectivity index (χ0) is 18.1. The average Bonchev–Trinajstić information content (AvgIpc) is 3.25. The van der Waals surface area contributed by atoms with E-state index in [4.69, 9.17) is 4.52 Å². The summed E-state index contributed by atoms with van der Waals surface area (Å²) in [6.07, 6.45) is 0.296. The fourth-order valence-corrected chi connectivity index (χ4v) is 3.14. The quantitative estimate of drug-likeness (QED) is 0.719. The van der Waals surface area contributed by atoms with Crippen LogP contribution in [0.4, 0.5) is 4.39 Å². The van der Waals surface area contributed by atoms with Crippen molar-refractivity contribution in [1.29, 1.82) is 0 Å². The van der Waals surface area contributed by atoms with Crippen molar-refractivity contribution < 1.29 is 13.7 Å². The fourth-order valence-electron chi connectivity index (χ4n) is 3.14. The first-order valence-electron chi connectivity index (χ1n) is 8.52. The first-order chi connectivity index (χ1) is 12.6. The molecule has 0 radical (unpaired) electrons. The molecule has 1 atom stereocenters. The van der Waals surface area contributed by atoms with Crippen LogP contribution in [0.15, 0.2) is 53.1 Å². The van der Waals surface area contributed by atoms with E-state index in [-0.39, 0.29) is 24.2 Å². The van der Waals surface area contributed by atoms with Crippen LogP contribution in [0.3, 0.4) is 0 Å². The molecule has 0 bridgehead atoms. The highest BCUT2D eigenvalue weighted by Crippen LogP contribution is 2.30. The minimum atomic E-state index is -0.303. The highest BCUT2D eigenvalue weighted by molar-refractivity contribution is 5.79. The van der Waals surface area contributed by atoms with Crippen LogP contribution >= 0.6 is 0 Å². The first kappa shape index (κ1) is 16.4. The number of carbonyl (C=O) groups excluding carboxylic acids is 1. The van der Waals surface area contributed by atoms with Crippen molar-refractivity contribution in [3.05, 3.63) is 71.4 Å². The van der Waals surface area contributed by atoms with Crippen LogP contribution in [-0.4, -0.2) is 27.5 Å². The predicted molar refractivity (Wildman–Crippen MR) is 93.6 cm³/mol. The van der Waals surface area contributed by atoms with Gasteiger partial charge >= 0.3 is 0 Å². The lowest BCUT2D eigenvalue weighted by Crippen LogP contribution is -2.24. The van der Waals surface area contributed by atoms with Crippen molar-refractivity contribution in [3.63, 3.8) is 0 Å².